The summed E-state index contributed by atoms with van der Waals surface area (Å²) < 4.78 is 4.97. The zero-order valence-corrected chi connectivity index (χ0v) is 5.77. The molecule has 1 rings (SSSR count). The molecule has 2 nitrogen and oxygen atoms in total. The Morgan fingerprint density at radius 2 is 2.22 bits per heavy atom. The molecule has 49 valence electrons. The molecule has 2 heteroatoms. The fourth-order valence-electron chi connectivity index (χ4n) is 0.616. The van der Waals surface area contributed by atoms with Gasteiger partial charge in [0.2, 0.25) is 0 Å². The molecule has 0 aliphatic heterocycles. The third-order valence-electron chi connectivity index (χ3n) is 1.18. The quantitative estimate of drug-likeness (QED) is 0.598. The predicted molar refractivity (Wildman–Crippen MR) is 34.1 cm³/mol. The third kappa shape index (κ3) is 1.31. The Morgan fingerprint density at radius 3 is 2.56 bits per heavy atom. The van der Waals surface area contributed by atoms with Crippen LogP contribution >= 0.6 is 0 Å². The van der Waals surface area contributed by atoms with Gasteiger partial charge in [0.1, 0.15) is 0 Å². The van der Waals surface area contributed by atoms with Crippen molar-refractivity contribution in [3.63, 3.8) is 0 Å². The molecule has 0 amide bonds. The first kappa shape index (κ1) is 6.33. The maximum absolute atomic E-state index is 4.97. The molecule has 1 radical (unpaired) electrons. The smallest absolute Gasteiger partial charge is 0.195 e. The van der Waals surface area contributed by atoms with Crippen molar-refractivity contribution in [2.24, 2.45) is 0 Å². The standard InChI is InChI=1S/C7H10NO/c1-3-6-5-9-7(4-2)8-6/h3-4H2,1-2H3. The molecule has 0 unspecified atom stereocenters. The molecule has 0 bridgehead atoms. The molecule has 0 aromatic carbocycles. The minimum atomic E-state index is 0.784. The van der Waals surface area contributed by atoms with Crippen molar-refractivity contribution in [1.29, 1.82) is 0 Å². The number of oxazole rings is 1. The summed E-state index contributed by atoms with van der Waals surface area (Å²) in [4.78, 5) is 4.12. The van der Waals surface area contributed by atoms with Crippen LogP contribution in [0.15, 0.2) is 4.42 Å². The van der Waals surface area contributed by atoms with Crippen molar-refractivity contribution in [2.45, 2.75) is 26.7 Å². The topological polar surface area (TPSA) is 26.0 Å². The molecule has 0 spiro atoms. The van der Waals surface area contributed by atoms with Gasteiger partial charge in [-0.3, -0.25) is 0 Å². The van der Waals surface area contributed by atoms with Crippen molar-refractivity contribution >= 4 is 0 Å². The fourth-order valence-corrected chi connectivity index (χ4v) is 0.616. The first-order valence-corrected chi connectivity index (χ1v) is 3.23. The molecule has 0 N–H and O–H groups in total. The van der Waals surface area contributed by atoms with Crippen molar-refractivity contribution in [2.75, 3.05) is 0 Å². The Kier molecular flexibility index (Phi) is 1.88. The van der Waals surface area contributed by atoms with Gasteiger partial charge < -0.3 is 4.42 Å². The zero-order chi connectivity index (χ0) is 6.69. The van der Waals surface area contributed by atoms with Gasteiger partial charge >= 0.3 is 0 Å². The Balaban J connectivity index is 2.74. The van der Waals surface area contributed by atoms with Crippen molar-refractivity contribution < 1.29 is 4.42 Å². The maximum Gasteiger partial charge on any atom is 0.195 e. The van der Waals surface area contributed by atoms with Crippen LogP contribution in [-0.4, -0.2) is 4.98 Å². The monoisotopic (exact) mass is 124 g/mol. The van der Waals surface area contributed by atoms with Gasteiger partial charge in [-0.05, 0) is 6.42 Å². The number of hydrogen-bond donors (Lipinski definition) is 0. The highest BCUT2D eigenvalue weighted by atomic mass is 16.3. The molecule has 0 aliphatic carbocycles. The fraction of sp³-hybridized carbons (Fsp3) is 0.571. The average molecular weight is 124 g/mol. The van der Waals surface area contributed by atoms with Crippen LogP contribution in [0.4, 0.5) is 0 Å². The van der Waals surface area contributed by atoms with Gasteiger partial charge in [-0.15, -0.1) is 0 Å². The Bertz CT molecular complexity index is 162. The Morgan fingerprint density at radius 1 is 1.44 bits per heavy atom. The third-order valence-corrected chi connectivity index (χ3v) is 1.18. The normalized spacial score (nSPS) is 10.0. The van der Waals surface area contributed by atoms with Crippen LogP contribution in [0.5, 0.6) is 0 Å². The van der Waals surface area contributed by atoms with Crippen LogP contribution in [0.3, 0.4) is 0 Å². The lowest BCUT2D eigenvalue weighted by molar-refractivity contribution is 0.494. The predicted octanol–water partition coefficient (Wildman–Crippen LogP) is 1.60. The van der Waals surface area contributed by atoms with Crippen LogP contribution in [0.2, 0.25) is 0 Å². The minimum absolute atomic E-state index is 0.784. The average Bonchev–Trinajstić information content (AvgIpc) is 2.34. The molecule has 0 aliphatic rings. The van der Waals surface area contributed by atoms with E-state index in [9.17, 15) is 0 Å². The number of hydrogen-bond acceptors (Lipinski definition) is 2. The van der Waals surface area contributed by atoms with Crippen LogP contribution < -0.4 is 0 Å². The second kappa shape index (κ2) is 2.67. The minimum Gasteiger partial charge on any atom is -0.437 e. The summed E-state index contributed by atoms with van der Waals surface area (Å²) in [6, 6.07) is 0. The van der Waals surface area contributed by atoms with E-state index in [2.05, 4.69) is 11.2 Å². The van der Waals surface area contributed by atoms with Crippen LogP contribution in [0, 0.1) is 6.26 Å². The van der Waals surface area contributed by atoms with E-state index in [0.717, 1.165) is 24.4 Å². The summed E-state index contributed by atoms with van der Waals surface area (Å²) >= 11 is 0. The first-order chi connectivity index (χ1) is 4.36. The highest BCUT2D eigenvalue weighted by molar-refractivity contribution is 4.93. The van der Waals surface area contributed by atoms with Crippen molar-refractivity contribution in [1.82, 2.24) is 4.98 Å². The number of aryl methyl sites for hydroxylation is 2. The molecular weight excluding hydrogens is 114 g/mol. The molecule has 1 aromatic heterocycles. The molecule has 0 saturated carbocycles. The zero-order valence-electron chi connectivity index (χ0n) is 5.77. The number of rotatable bonds is 2. The SMILES string of the molecule is CCc1[c]oc(CC)n1. The number of nitrogens with zero attached hydrogens (tertiary/aromatic N) is 1. The van der Waals surface area contributed by atoms with Crippen molar-refractivity contribution in [3.8, 4) is 0 Å². The van der Waals surface area contributed by atoms with E-state index in [1.165, 1.54) is 0 Å². The summed E-state index contributed by atoms with van der Waals surface area (Å²) in [5.41, 5.74) is 0.923. The van der Waals surface area contributed by atoms with E-state index in [0.29, 0.717) is 0 Å². The highest BCUT2D eigenvalue weighted by Gasteiger charge is 1.97. The van der Waals surface area contributed by atoms with Gasteiger partial charge in [-0.1, -0.05) is 13.8 Å². The maximum atomic E-state index is 4.97. The lowest BCUT2D eigenvalue weighted by Crippen LogP contribution is -1.81. The summed E-state index contributed by atoms with van der Waals surface area (Å²) in [5, 5.41) is 0. The second-order valence-electron chi connectivity index (χ2n) is 1.86. The molecular formula is C7H10NO. The van der Waals surface area contributed by atoms with E-state index in [-0.39, 0.29) is 0 Å². The van der Waals surface area contributed by atoms with E-state index in [1.807, 2.05) is 13.8 Å². The number of aromatic nitrogens is 1. The molecule has 0 fully saturated rings. The molecule has 9 heavy (non-hydrogen) atoms. The highest BCUT2D eigenvalue weighted by Crippen LogP contribution is 2.00. The van der Waals surface area contributed by atoms with Crippen molar-refractivity contribution in [3.05, 3.63) is 17.8 Å². The van der Waals surface area contributed by atoms with E-state index < -0.39 is 0 Å². The summed E-state index contributed by atoms with van der Waals surface area (Å²) in [6.07, 6.45) is 4.48. The largest absolute Gasteiger partial charge is 0.437 e. The van der Waals surface area contributed by atoms with Crippen LogP contribution in [0.1, 0.15) is 25.4 Å². The van der Waals surface area contributed by atoms with Gasteiger partial charge in [0.05, 0.1) is 5.69 Å². The van der Waals surface area contributed by atoms with E-state index in [1.54, 1.807) is 0 Å². The lowest BCUT2D eigenvalue weighted by atomic mass is 10.4. The van der Waals surface area contributed by atoms with Crippen LogP contribution in [0.25, 0.3) is 0 Å². The summed E-state index contributed by atoms with van der Waals surface area (Å²) in [5.74, 6) is 0.784. The summed E-state index contributed by atoms with van der Waals surface area (Å²) in [7, 11) is 0. The van der Waals surface area contributed by atoms with Gasteiger partial charge in [-0.25, -0.2) is 4.98 Å². The summed E-state index contributed by atoms with van der Waals surface area (Å²) in [6.45, 7) is 4.05. The van der Waals surface area contributed by atoms with Crippen LogP contribution in [-0.2, 0) is 12.8 Å². The van der Waals surface area contributed by atoms with Gasteiger partial charge in [0.25, 0.3) is 0 Å². The lowest BCUT2D eigenvalue weighted by Gasteiger charge is -1.80. The van der Waals surface area contributed by atoms with E-state index in [4.69, 9.17) is 4.42 Å². The Hall–Kier alpha value is -0.790. The molecule has 1 heterocycles. The first-order valence-electron chi connectivity index (χ1n) is 3.23. The van der Waals surface area contributed by atoms with Gasteiger partial charge in [0, 0.05) is 6.42 Å². The second-order valence-corrected chi connectivity index (χ2v) is 1.86. The Labute approximate surface area is 54.9 Å². The molecule has 1 aromatic rings. The van der Waals surface area contributed by atoms with Gasteiger partial charge in [-0.2, -0.15) is 0 Å². The van der Waals surface area contributed by atoms with Gasteiger partial charge in [0.15, 0.2) is 12.2 Å². The van der Waals surface area contributed by atoms with E-state index >= 15 is 0 Å². The molecule has 0 atom stereocenters. The molecule has 0 saturated heterocycles.